The van der Waals surface area contributed by atoms with E-state index in [0.717, 1.165) is 0 Å². The number of hydrogen-bond acceptors (Lipinski definition) is 4. The highest BCUT2D eigenvalue weighted by Gasteiger charge is 2.21. The van der Waals surface area contributed by atoms with Gasteiger partial charge < -0.3 is 16.0 Å². The van der Waals surface area contributed by atoms with E-state index in [-0.39, 0.29) is 24.4 Å². The summed E-state index contributed by atoms with van der Waals surface area (Å²) in [5.74, 6) is -0.174. The first-order chi connectivity index (χ1) is 8.86. The zero-order valence-electron chi connectivity index (χ0n) is 11.8. The topological polar surface area (TPSA) is 93.2 Å². The predicted molar refractivity (Wildman–Crippen MR) is 72.5 cm³/mol. The van der Waals surface area contributed by atoms with Gasteiger partial charge in [0.05, 0.1) is 12.7 Å². The number of likely N-dealkylation sites (N-methyl/N-ethyl adjacent to an activating group) is 1. The van der Waals surface area contributed by atoms with Gasteiger partial charge in [-0.2, -0.15) is 5.10 Å². The number of amides is 2. The highest BCUT2D eigenvalue weighted by Crippen LogP contribution is 2.12. The number of nitrogens with two attached hydrogens (primary N) is 1. The Hall–Kier alpha value is -2.05. The molecule has 0 spiro atoms. The molecule has 0 bridgehead atoms. The average molecular weight is 267 g/mol. The Morgan fingerprint density at radius 3 is 2.58 bits per heavy atom. The van der Waals surface area contributed by atoms with Crippen molar-refractivity contribution in [3.63, 3.8) is 0 Å². The smallest absolute Gasteiger partial charge is 0.259 e. The summed E-state index contributed by atoms with van der Waals surface area (Å²) in [7, 11) is 1.66. The van der Waals surface area contributed by atoms with Crippen molar-refractivity contribution in [2.75, 3.05) is 18.8 Å². The van der Waals surface area contributed by atoms with Crippen molar-refractivity contribution in [2.24, 2.45) is 7.05 Å². The summed E-state index contributed by atoms with van der Waals surface area (Å²) in [4.78, 5) is 25.4. The highest BCUT2D eigenvalue weighted by molar-refractivity contribution is 5.99. The first-order valence-electron chi connectivity index (χ1n) is 6.22. The fourth-order valence-electron chi connectivity index (χ4n) is 1.65. The number of nitrogens with zero attached hydrogens (tertiary/aromatic N) is 3. The van der Waals surface area contributed by atoms with Crippen LogP contribution in [-0.2, 0) is 11.8 Å². The van der Waals surface area contributed by atoms with Crippen LogP contribution in [0.25, 0.3) is 0 Å². The molecule has 7 nitrogen and oxygen atoms in total. The summed E-state index contributed by atoms with van der Waals surface area (Å²) in [5, 5.41) is 6.67. The predicted octanol–water partition coefficient (Wildman–Crippen LogP) is -0.0110. The molecule has 0 atom stereocenters. The minimum Gasteiger partial charge on any atom is -0.383 e. The molecule has 1 aromatic heterocycles. The average Bonchev–Trinajstić information content (AvgIpc) is 2.65. The largest absolute Gasteiger partial charge is 0.383 e. The second-order valence-corrected chi connectivity index (χ2v) is 4.61. The number of nitrogen functional groups attached to an aromatic ring is 1. The fourth-order valence-corrected chi connectivity index (χ4v) is 1.65. The summed E-state index contributed by atoms with van der Waals surface area (Å²) in [6, 6.07) is 0.0461. The molecule has 1 aromatic rings. The van der Waals surface area contributed by atoms with Crippen LogP contribution in [0.5, 0.6) is 0 Å². The van der Waals surface area contributed by atoms with Crippen LogP contribution in [0.2, 0.25) is 0 Å². The first-order valence-corrected chi connectivity index (χ1v) is 6.22. The van der Waals surface area contributed by atoms with Crippen LogP contribution in [0.4, 0.5) is 5.82 Å². The number of aromatic nitrogens is 2. The van der Waals surface area contributed by atoms with Gasteiger partial charge in [0.2, 0.25) is 5.91 Å². The third kappa shape index (κ3) is 3.70. The van der Waals surface area contributed by atoms with Gasteiger partial charge in [-0.25, -0.2) is 0 Å². The Labute approximate surface area is 112 Å². The van der Waals surface area contributed by atoms with Crippen LogP contribution < -0.4 is 11.1 Å². The van der Waals surface area contributed by atoms with E-state index in [1.807, 2.05) is 20.8 Å². The lowest BCUT2D eigenvalue weighted by molar-refractivity contribution is -0.122. The number of carbonyl (C=O) groups is 2. The number of anilines is 1. The Bertz CT molecular complexity index is 467. The second-order valence-electron chi connectivity index (χ2n) is 4.61. The maximum Gasteiger partial charge on any atom is 0.259 e. The SMILES string of the molecule is CCN(CC(=O)NC(C)C)C(=O)c1cnn(C)c1N. The first kappa shape index (κ1) is 15.0. The van der Waals surface area contributed by atoms with E-state index >= 15 is 0 Å². The van der Waals surface area contributed by atoms with E-state index in [1.165, 1.54) is 15.8 Å². The van der Waals surface area contributed by atoms with Crippen molar-refractivity contribution < 1.29 is 9.59 Å². The molecular weight excluding hydrogens is 246 g/mol. The zero-order valence-corrected chi connectivity index (χ0v) is 11.8. The van der Waals surface area contributed by atoms with Crippen molar-refractivity contribution >= 4 is 17.6 Å². The fraction of sp³-hybridized carbons (Fsp3) is 0.583. The van der Waals surface area contributed by atoms with Gasteiger partial charge in [0, 0.05) is 19.6 Å². The maximum atomic E-state index is 12.2. The molecular formula is C12H21N5O2. The Balaban J connectivity index is 2.77. The molecule has 0 unspecified atom stereocenters. The van der Waals surface area contributed by atoms with E-state index in [2.05, 4.69) is 10.4 Å². The minimum atomic E-state index is -0.285. The number of hydrogen-bond donors (Lipinski definition) is 2. The van der Waals surface area contributed by atoms with Crippen LogP contribution in [0.15, 0.2) is 6.20 Å². The molecule has 0 aromatic carbocycles. The van der Waals surface area contributed by atoms with Crippen LogP contribution >= 0.6 is 0 Å². The van der Waals surface area contributed by atoms with Crippen molar-refractivity contribution in [3.05, 3.63) is 11.8 Å². The Kier molecular flexibility index (Phi) is 4.91. The van der Waals surface area contributed by atoms with Gasteiger partial charge in [-0.15, -0.1) is 0 Å². The van der Waals surface area contributed by atoms with E-state index < -0.39 is 0 Å². The van der Waals surface area contributed by atoms with Gasteiger partial charge in [-0.3, -0.25) is 14.3 Å². The molecule has 2 amide bonds. The van der Waals surface area contributed by atoms with E-state index in [0.29, 0.717) is 17.9 Å². The van der Waals surface area contributed by atoms with Gasteiger partial charge in [-0.1, -0.05) is 0 Å². The molecule has 0 radical (unpaired) electrons. The van der Waals surface area contributed by atoms with Crippen LogP contribution in [0.1, 0.15) is 31.1 Å². The molecule has 7 heteroatoms. The zero-order chi connectivity index (χ0) is 14.6. The van der Waals surface area contributed by atoms with Crippen molar-refractivity contribution in [2.45, 2.75) is 26.8 Å². The quantitative estimate of drug-likeness (QED) is 0.784. The lowest BCUT2D eigenvalue weighted by Gasteiger charge is -2.20. The summed E-state index contributed by atoms with van der Waals surface area (Å²) < 4.78 is 1.43. The molecule has 0 aliphatic rings. The third-order valence-electron chi connectivity index (χ3n) is 2.67. The van der Waals surface area contributed by atoms with E-state index in [1.54, 1.807) is 7.05 Å². The molecule has 0 saturated heterocycles. The minimum absolute atomic E-state index is 0.0157. The maximum absolute atomic E-state index is 12.2. The molecule has 106 valence electrons. The molecule has 19 heavy (non-hydrogen) atoms. The van der Waals surface area contributed by atoms with Gasteiger partial charge in [0.25, 0.3) is 5.91 Å². The molecule has 0 aliphatic carbocycles. The monoisotopic (exact) mass is 267 g/mol. The third-order valence-corrected chi connectivity index (χ3v) is 2.67. The van der Waals surface area contributed by atoms with Gasteiger partial charge in [0.15, 0.2) is 0 Å². The molecule has 0 saturated carbocycles. The highest BCUT2D eigenvalue weighted by atomic mass is 16.2. The number of aryl methyl sites for hydroxylation is 1. The van der Waals surface area contributed by atoms with Crippen LogP contribution in [0, 0.1) is 0 Å². The molecule has 0 fully saturated rings. The van der Waals surface area contributed by atoms with Crippen molar-refractivity contribution in [1.29, 1.82) is 0 Å². The molecule has 0 aliphatic heterocycles. The Morgan fingerprint density at radius 2 is 2.16 bits per heavy atom. The van der Waals surface area contributed by atoms with Crippen LogP contribution in [0.3, 0.4) is 0 Å². The second kappa shape index (κ2) is 6.21. The standard InChI is InChI=1S/C12H21N5O2/c1-5-17(7-10(18)15-8(2)3)12(19)9-6-14-16(4)11(9)13/h6,8H,5,7,13H2,1-4H3,(H,15,18). The summed E-state index contributed by atoms with van der Waals surface area (Å²) in [6.45, 7) is 6.00. The molecule has 1 heterocycles. The van der Waals surface area contributed by atoms with Crippen molar-refractivity contribution in [1.82, 2.24) is 20.0 Å². The number of nitrogens with one attached hydrogen (secondary N) is 1. The van der Waals surface area contributed by atoms with Gasteiger partial charge in [0.1, 0.15) is 11.4 Å². The molecule has 1 rings (SSSR count). The number of carbonyl (C=O) groups excluding carboxylic acids is 2. The normalized spacial score (nSPS) is 10.6. The van der Waals surface area contributed by atoms with E-state index in [9.17, 15) is 9.59 Å². The lowest BCUT2D eigenvalue weighted by Crippen LogP contribution is -2.42. The number of rotatable bonds is 5. The molecule has 3 N–H and O–H groups in total. The Morgan fingerprint density at radius 1 is 1.53 bits per heavy atom. The van der Waals surface area contributed by atoms with Crippen molar-refractivity contribution in [3.8, 4) is 0 Å². The van der Waals surface area contributed by atoms with Gasteiger partial charge >= 0.3 is 0 Å². The summed E-state index contributed by atoms with van der Waals surface area (Å²) in [5.41, 5.74) is 6.08. The lowest BCUT2D eigenvalue weighted by atomic mass is 10.2. The summed E-state index contributed by atoms with van der Waals surface area (Å²) in [6.07, 6.45) is 1.42. The summed E-state index contributed by atoms with van der Waals surface area (Å²) >= 11 is 0. The van der Waals surface area contributed by atoms with E-state index in [4.69, 9.17) is 5.73 Å². The van der Waals surface area contributed by atoms with Gasteiger partial charge in [-0.05, 0) is 20.8 Å². The van der Waals surface area contributed by atoms with Crippen LogP contribution in [-0.4, -0.2) is 45.6 Å².